The Balaban J connectivity index is 1.91. The summed E-state index contributed by atoms with van der Waals surface area (Å²) in [5.74, 6) is 0.767. The van der Waals surface area contributed by atoms with Crippen LogP contribution in [0.2, 0.25) is 0 Å². The van der Waals surface area contributed by atoms with Gasteiger partial charge in [-0.1, -0.05) is 6.07 Å². The van der Waals surface area contributed by atoms with Gasteiger partial charge in [-0.25, -0.2) is 0 Å². The number of benzene rings is 1. The first-order valence-electron chi connectivity index (χ1n) is 7.27. The Kier molecular flexibility index (Phi) is 5.01. The van der Waals surface area contributed by atoms with E-state index in [2.05, 4.69) is 0 Å². The van der Waals surface area contributed by atoms with Crippen molar-refractivity contribution in [2.75, 3.05) is 19.7 Å². The van der Waals surface area contributed by atoms with Crippen LogP contribution >= 0.6 is 0 Å². The highest BCUT2D eigenvalue weighted by atomic mass is 16.5. The third-order valence-corrected chi connectivity index (χ3v) is 3.74. The van der Waals surface area contributed by atoms with Gasteiger partial charge in [-0.15, -0.1) is 0 Å². The number of hydrogen-bond donors (Lipinski definition) is 1. The van der Waals surface area contributed by atoms with Crippen LogP contribution in [0, 0.1) is 6.92 Å². The van der Waals surface area contributed by atoms with Gasteiger partial charge in [-0.3, -0.25) is 4.79 Å². The van der Waals surface area contributed by atoms with Crippen molar-refractivity contribution < 1.29 is 14.6 Å². The molecule has 1 aliphatic rings. The Morgan fingerprint density at radius 3 is 2.65 bits per heavy atom. The van der Waals surface area contributed by atoms with Gasteiger partial charge < -0.3 is 14.7 Å². The summed E-state index contributed by atoms with van der Waals surface area (Å²) in [7, 11) is 0. The van der Waals surface area contributed by atoms with Crippen molar-refractivity contribution in [1.29, 1.82) is 0 Å². The number of carbonyl (C=O) groups excluding carboxylic acids is 1. The van der Waals surface area contributed by atoms with Crippen LogP contribution in [0.5, 0.6) is 5.75 Å². The van der Waals surface area contributed by atoms with E-state index in [1.165, 1.54) is 6.42 Å². The maximum atomic E-state index is 12.0. The number of aliphatic hydroxyl groups excluding tert-OH is 1. The van der Waals surface area contributed by atoms with Gasteiger partial charge in [0.2, 0.25) is 0 Å². The van der Waals surface area contributed by atoms with Crippen LogP contribution < -0.4 is 4.74 Å². The highest BCUT2D eigenvalue weighted by molar-refractivity contribution is 5.77. The monoisotopic (exact) mass is 277 g/mol. The molecule has 1 N–H and O–H groups in total. The topological polar surface area (TPSA) is 49.8 Å². The highest BCUT2D eigenvalue weighted by Gasteiger charge is 2.17. The highest BCUT2D eigenvalue weighted by Crippen LogP contribution is 2.22. The van der Waals surface area contributed by atoms with Gasteiger partial charge in [0.05, 0.1) is 6.10 Å². The van der Waals surface area contributed by atoms with Crippen LogP contribution in [-0.2, 0) is 4.79 Å². The number of hydrogen-bond acceptors (Lipinski definition) is 3. The summed E-state index contributed by atoms with van der Waals surface area (Å²) >= 11 is 0. The lowest BCUT2D eigenvalue weighted by molar-refractivity contribution is -0.134. The SMILES string of the molecule is Cc1cc(C(C)O)ccc1OCC(=O)N1CCCCC1. The molecule has 0 radical (unpaired) electrons. The summed E-state index contributed by atoms with van der Waals surface area (Å²) in [4.78, 5) is 13.9. The molecule has 20 heavy (non-hydrogen) atoms. The number of aliphatic hydroxyl groups is 1. The Bertz CT molecular complexity index is 465. The molecule has 0 bridgehead atoms. The molecule has 1 heterocycles. The summed E-state index contributed by atoms with van der Waals surface area (Å²) in [5.41, 5.74) is 1.80. The molecule has 0 saturated carbocycles. The molecule has 4 heteroatoms. The first-order chi connectivity index (χ1) is 9.58. The molecule has 0 aliphatic carbocycles. The van der Waals surface area contributed by atoms with Gasteiger partial charge in [-0.2, -0.15) is 0 Å². The fraction of sp³-hybridized carbons (Fsp3) is 0.562. The largest absolute Gasteiger partial charge is 0.484 e. The van der Waals surface area contributed by atoms with Crippen molar-refractivity contribution in [2.24, 2.45) is 0 Å². The van der Waals surface area contributed by atoms with Gasteiger partial charge in [-0.05, 0) is 56.4 Å². The molecule has 1 aromatic rings. The normalized spacial score (nSPS) is 16.9. The number of ether oxygens (including phenoxy) is 1. The minimum atomic E-state index is -0.488. The van der Waals surface area contributed by atoms with E-state index in [-0.39, 0.29) is 12.5 Å². The first-order valence-corrected chi connectivity index (χ1v) is 7.27. The molecule has 0 aromatic heterocycles. The summed E-state index contributed by atoms with van der Waals surface area (Å²) in [5, 5.41) is 9.53. The fourth-order valence-electron chi connectivity index (χ4n) is 2.47. The molecule has 1 fully saturated rings. The van der Waals surface area contributed by atoms with E-state index in [4.69, 9.17) is 4.74 Å². The zero-order valence-corrected chi connectivity index (χ0v) is 12.3. The number of aryl methyl sites for hydroxylation is 1. The number of piperidine rings is 1. The average molecular weight is 277 g/mol. The molecule has 1 unspecified atom stereocenters. The van der Waals surface area contributed by atoms with Crippen molar-refractivity contribution in [2.45, 2.75) is 39.2 Å². The van der Waals surface area contributed by atoms with Gasteiger partial charge in [0, 0.05) is 13.1 Å². The van der Waals surface area contributed by atoms with Crippen LogP contribution in [0.25, 0.3) is 0 Å². The lowest BCUT2D eigenvalue weighted by atomic mass is 10.1. The van der Waals surface area contributed by atoms with E-state index >= 15 is 0 Å². The summed E-state index contributed by atoms with van der Waals surface area (Å²) in [6.07, 6.45) is 2.91. The van der Waals surface area contributed by atoms with E-state index < -0.39 is 6.10 Å². The predicted octanol–water partition coefficient (Wildman–Crippen LogP) is 2.44. The first kappa shape index (κ1) is 14.9. The molecule has 2 rings (SSSR count). The van der Waals surface area contributed by atoms with Crippen molar-refractivity contribution >= 4 is 5.91 Å². The zero-order valence-electron chi connectivity index (χ0n) is 12.3. The summed E-state index contributed by atoms with van der Waals surface area (Å²) in [6.45, 7) is 5.45. The lowest BCUT2D eigenvalue weighted by Crippen LogP contribution is -2.38. The molecular weight excluding hydrogens is 254 g/mol. The Morgan fingerprint density at radius 1 is 1.35 bits per heavy atom. The van der Waals surface area contributed by atoms with Crippen LogP contribution in [0.15, 0.2) is 18.2 Å². The van der Waals surface area contributed by atoms with Crippen molar-refractivity contribution in [3.05, 3.63) is 29.3 Å². The number of likely N-dealkylation sites (tertiary alicyclic amines) is 1. The molecule has 0 spiro atoms. The average Bonchev–Trinajstić information content (AvgIpc) is 2.46. The standard InChI is InChI=1S/C16H23NO3/c1-12-10-14(13(2)18)6-7-15(12)20-11-16(19)17-8-4-3-5-9-17/h6-7,10,13,18H,3-5,8-9,11H2,1-2H3. The van der Waals surface area contributed by atoms with Crippen molar-refractivity contribution in [3.8, 4) is 5.75 Å². The minimum absolute atomic E-state index is 0.0590. The molecule has 1 atom stereocenters. The maximum absolute atomic E-state index is 12.0. The van der Waals surface area contributed by atoms with E-state index in [1.807, 2.05) is 30.0 Å². The number of amides is 1. The quantitative estimate of drug-likeness (QED) is 0.919. The van der Waals surface area contributed by atoms with Gasteiger partial charge in [0.1, 0.15) is 5.75 Å². The second kappa shape index (κ2) is 6.75. The predicted molar refractivity (Wildman–Crippen MR) is 77.7 cm³/mol. The van der Waals surface area contributed by atoms with Crippen molar-refractivity contribution in [3.63, 3.8) is 0 Å². The third kappa shape index (κ3) is 3.73. The smallest absolute Gasteiger partial charge is 0.260 e. The Labute approximate surface area is 120 Å². The fourth-order valence-corrected chi connectivity index (χ4v) is 2.47. The Morgan fingerprint density at radius 2 is 2.05 bits per heavy atom. The molecule has 4 nitrogen and oxygen atoms in total. The van der Waals surface area contributed by atoms with Gasteiger partial charge in [0.15, 0.2) is 6.61 Å². The molecule has 1 amide bonds. The van der Waals surface area contributed by atoms with E-state index in [0.717, 1.165) is 37.1 Å². The minimum Gasteiger partial charge on any atom is -0.484 e. The Hall–Kier alpha value is -1.55. The van der Waals surface area contributed by atoms with E-state index in [1.54, 1.807) is 6.92 Å². The zero-order chi connectivity index (χ0) is 14.5. The molecular formula is C16H23NO3. The van der Waals surface area contributed by atoms with E-state index in [0.29, 0.717) is 5.75 Å². The van der Waals surface area contributed by atoms with Crippen LogP contribution in [0.1, 0.15) is 43.4 Å². The van der Waals surface area contributed by atoms with Crippen LogP contribution in [0.3, 0.4) is 0 Å². The van der Waals surface area contributed by atoms with Crippen LogP contribution in [-0.4, -0.2) is 35.6 Å². The molecule has 1 aromatic carbocycles. The van der Waals surface area contributed by atoms with Crippen molar-refractivity contribution in [1.82, 2.24) is 4.90 Å². The van der Waals surface area contributed by atoms with E-state index in [9.17, 15) is 9.90 Å². The van der Waals surface area contributed by atoms with Gasteiger partial charge >= 0.3 is 0 Å². The number of rotatable bonds is 4. The molecule has 1 aliphatic heterocycles. The lowest BCUT2D eigenvalue weighted by Gasteiger charge is -2.26. The van der Waals surface area contributed by atoms with Gasteiger partial charge in [0.25, 0.3) is 5.91 Å². The second-order valence-corrected chi connectivity index (χ2v) is 5.43. The summed E-state index contributed by atoms with van der Waals surface area (Å²) < 4.78 is 5.61. The van der Waals surface area contributed by atoms with Crippen LogP contribution in [0.4, 0.5) is 0 Å². The third-order valence-electron chi connectivity index (χ3n) is 3.74. The summed E-state index contributed by atoms with van der Waals surface area (Å²) in [6, 6.07) is 5.55. The molecule has 1 saturated heterocycles. The maximum Gasteiger partial charge on any atom is 0.260 e. The number of carbonyl (C=O) groups is 1. The second-order valence-electron chi connectivity index (χ2n) is 5.43. The molecule has 110 valence electrons. The number of nitrogens with zero attached hydrogens (tertiary/aromatic N) is 1.